The normalized spacial score (nSPS) is 10.6. The number of hydrogen-bond acceptors (Lipinski definition) is 0. The van der Waals surface area contributed by atoms with Crippen LogP contribution in [-0.4, -0.2) is 0 Å². The fourth-order valence-corrected chi connectivity index (χ4v) is 1.28. The average molecular weight is 272 g/mol. The van der Waals surface area contributed by atoms with E-state index in [4.69, 9.17) is 0 Å². The molecule has 0 spiro atoms. The minimum Gasteiger partial charge on any atom is -0.206 e. The van der Waals surface area contributed by atoms with Gasteiger partial charge in [0.15, 0.2) is 0 Å². The maximum atomic E-state index is 12.6. The molecule has 0 atom stereocenters. The van der Waals surface area contributed by atoms with Gasteiger partial charge in [-0.25, -0.2) is 13.2 Å². The molecule has 0 saturated carbocycles. The van der Waals surface area contributed by atoms with Crippen LogP contribution < -0.4 is 0 Å². The van der Waals surface area contributed by atoms with Gasteiger partial charge < -0.3 is 0 Å². The van der Waals surface area contributed by atoms with E-state index < -0.39 is 12.2 Å². The Kier molecular flexibility index (Phi) is 2.75. The number of hydrogen-bond donors (Lipinski definition) is 0. The van der Waals surface area contributed by atoms with Crippen LogP contribution in [0.1, 0.15) is 12.0 Å². The van der Waals surface area contributed by atoms with Crippen LogP contribution in [0.3, 0.4) is 0 Å². The summed E-state index contributed by atoms with van der Waals surface area (Å²) >= 11 is 1.57. The van der Waals surface area contributed by atoms with Gasteiger partial charge in [0.05, 0.1) is 3.57 Å². The fourth-order valence-electron chi connectivity index (χ4n) is 0.689. The number of benzene rings is 1. The maximum absolute atomic E-state index is 12.6. The Labute approximate surface area is 75.6 Å². The Hall–Kier alpha value is -0.260. The molecular formula is C7H4F3I. The summed E-state index contributed by atoms with van der Waals surface area (Å²) in [5, 5.41) is 0. The molecule has 1 aromatic rings. The first-order valence-electron chi connectivity index (χ1n) is 2.85. The van der Waals surface area contributed by atoms with Crippen molar-refractivity contribution in [2.24, 2.45) is 0 Å². The van der Waals surface area contributed by atoms with Crippen LogP contribution in [-0.2, 0) is 0 Å². The maximum Gasteiger partial charge on any atom is 0.264 e. The first kappa shape index (κ1) is 8.83. The highest BCUT2D eigenvalue weighted by Gasteiger charge is 2.13. The summed E-state index contributed by atoms with van der Waals surface area (Å²) in [6.07, 6.45) is -2.60. The Morgan fingerprint density at radius 1 is 1.27 bits per heavy atom. The molecule has 0 aliphatic heterocycles. The van der Waals surface area contributed by atoms with E-state index in [0.29, 0.717) is 0 Å². The minimum absolute atomic E-state index is 0.0000926. The molecule has 60 valence electrons. The van der Waals surface area contributed by atoms with Crippen LogP contribution in [0, 0.1) is 9.39 Å². The van der Waals surface area contributed by atoms with Gasteiger partial charge in [0.1, 0.15) is 5.82 Å². The molecule has 0 aliphatic rings. The van der Waals surface area contributed by atoms with Gasteiger partial charge in [0, 0.05) is 5.56 Å². The smallest absolute Gasteiger partial charge is 0.206 e. The van der Waals surface area contributed by atoms with E-state index >= 15 is 0 Å². The quantitative estimate of drug-likeness (QED) is 0.687. The van der Waals surface area contributed by atoms with Gasteiger partial charge in [0.2, 0.25) is 0 Å². The molecule has 0 aliphatic carbocycles. The molecule has 0 heterocycles. The third kappa shape index (κ3) is 1.85. The third-order valence-corrected chi connectivity index (χ3v) is 2.35. The fraction of sp³-hybridized carbons (Fsp3) is 0.143. The summed E-state index contributed by atoms with van der Waals surface area (Å²) in [7, 11) is 0. The van der Waals surface area contributed by atoms with Crippen LogP contribution >= 0.6 is 22.6 Å². The Balaban J connectivity index is 3.17. The minimum atomic E-state index is -2.60. The second-order valence-corrected chi connectivity index (χ2v) is 3.02. The van der Waals surface area contributed by atoms with Crippen LogP contribution in [0.4, 0.5) is 13.2 Å². The van der Waals surface area contributed by atoms with Gasteiger partial charge >= 0.3 is 0 Å². The summed E-state index contributed by atoms with van der Waals surface area (Å²) in [4.78, 5) is 0. The first-order chi connectivity index (χ1) is 5.13. The van der Waals surface area contributed by atoms with Gasteiger partial charge in [-0.3, -0.25) is 0 Å². The van der Waals surface area contributed by atoms with E-state index in [-0.39, 0.29) is 9.13 Å². The number of halogens is 4. The van der Waals surface area contributed by atoms with Crippen LogP contribution in [0.2, 0.25) is 0 Å². The van der Waals surface area contributed by atoms with Crippen molar-refractivity contribution in [1.29, 1.82) is 0 Å². The average Bonchev–Trinajstić information content (AvgIpc) is 1.94. The van der Waals surface area contributed by atoms with E-state index in [1.54, 1.807) is 22.6 Å². The second-order valence-electron chi connectivity index (χ2n) is 1.94. The molecule has 0 unspecified atom stereocenters. The highest BCUT2D eigenvalue weighted by molar-refractivity contribution is 14.1. The monoisotopic (exact) mass is 272 g/mol. The van der Waals surface area contributed by atoms with Crippen molar-refractivity contribution < 1.29 is 13.2 Å². The van der Waals surface area contributed by atoms with Crippen molar-refractivity contribution in [1.82, 2.24) is 0 Å². The van der Waals surface area contributed by atoms with Crippen LogP contribution in [0.15, 0.2) is 18.2 Å². The molecule has 1 aromatic carbocycles. The summed E-state index contributed by atoms with van der Waals surface area (Å²) in [5.41, 5.74) is -0.245. The molecule has 0 saturated heterocycles. The van der Waals surface area contributed by atoms with Crippen LogP contribution in [0.25, 0.3) is 0 Å². The van der Waals surface area contributed by atoms with Crippen molar-refractivity contribution >= 4 is 22.6 Å². The summed E-state index contributed by atoms with van der Waals surface area (Å²) < 4.78 is 36.7. The molecule has 0 N–H and O–H groups in total. The van der Waals surface area contributed by atoms with Gasteiger partial charge in [-0.2, -0.15) is 0 Å². The van der Waals surface area contributed by atoms with Gasteiger partial charge in [-0.1, -0.05) is 12.1 Å². The van der Waals surface area contributed by atoms with Gasteiger partial charge in [-0.05, 0) is 28.7 Å². The zero-order chi connectivity index (χ0) is 8.43. The molecule has 0 bridgehead atoms. The lowest BCUT2D eigenvalue weighted by Crippen LogP contribution is -1.91. The van der Waals surface area contributed by atoms with Crippen molar-refractivity contribution in [3.63, 3.8) is 0 Å². The summed E-state index contributed by atoms with van der Waals surface area (Å²) in [6.45, 7) is 0. The Morgan fingerprint density at radius 2 is 1.91 bits per heavy atom. The highest BCUT2D eigenvalue weighted by atomic mass is 127. The van der Waals surface area contributed by atoms with E-state index in [2.05, 4.69) is 0 Å². The summed E-state index contributed by atoms with van der Waals surface area (Å²) in [5.74, 6) is -0.594. The molecule has 0 nitrogen and oxygen atoms in total. The molecule has 11 heavy (non-hydrogen) atoms. The van der Waals surface area contributed by atoms with E-state index in [1.807, 2.05) is 0 Å². The Bertz CT molecular complexity index is 260. The third-order valence-electron chi connectivity index (χ3n) is 1.22. The van der Waals surface area contributed by atoms with Gasteiger partial charge in [-0.15, -0.1) is 0 Å². The van der Waals surface area contributed by atoms with E-state index in [1.165, 1.54) is 12.1 Å². The molecule has 0 radical (unpaired) electrons. The molecular weight excluding hydrogens is 268 g/mol. The lowest BCUT2D eigenvalue weighted by molar-refractivity contribution is 0.150. The van der Waals surface area contributed by atoms with E-state index in [9.17, 15) is 13.2 Å². The zero-order valence-corrected chi connectivity index (χ0v) is 7.48. The predicted octanol–water partition coefficient (Wildman–Crippen LogP) is 3.37. The predicted molar refractivity (Wildman–Crippen MR) is 44.1 cm³/mol. The lowest BCUT2D eigenvalue weighted by atomic mass is 10.2. The first-order valence-corrected chi connectivity index (χ1v) is 3.93. The number of alkyl halides is 2. The van der Waals surface area contributed by atoms with Gasteiger partial charge in [0.25, 0.3) is 6.43 Å². The topological polar surface area (TPSA) is 0 Å². The van der Waals surface area contributed by atoms with Crippen molar-refractivity contribution in [2.75, 3.05) is 0 Å². The van der Waals surface area contributed by atoms with E-state index in [0.717, 1.165) is 6.07 Å². The summed E-state index contributed by atoms with van der Waals surface area (Å²) in [6, 6.07) is 3.65. The van der Waals surface area contributed by atoms with Crippen LogP contribution in [0.5, 0.6) is 0 Å². The van der Waals surface area contributed by atoms with Crippen molar-refractivity contribution in [3.05, 3.63) is 33.1 Å². The highest BCUT2D eigenvalue weighted by Crippen LogP contribution is 2.25. The van der Waals surface area contributed by atoms with Crippen molar-refractivity contribution in [2.45, 2.75) is 6.43 Å². The second kappa shape index (κ2) is 3.42. The molecule has 0 aromatic heterocycles. The standard InChI is InChI=1S/C7H4F3I/c8-5-3-1-2-4(6(5)11)7(9)10/h1-3,7H. The molecule has 0 amide bonds. The number of rotatable bonds is 1. The molecule has 1 rings (SSSR count). The van der Waals surface area contributed by atoms with Crippen molar-refractivity contribution in [3.8, 4) is 0 Å². The SMILES string of the molecule is Fc1cccc(C(F)F)c1I. The molecule has 0 fully saturated rings. The largest absolute Gasteiger partial charge is 0.264 e. The lowest BCUT2D eigenvalue weighted by Gasteiger charge is -2.02. The molecule has 4 heteroatoms. The zero-order valence-electron chi connectivity index (χ0n) is 5.32. The Morgan fingerprint density at radius 3 is 2.36 bits per heavy atom.